The van der Waals surface area contributed by atoms with Crippen molar-refractivity contribution in [2.75, 3.05) is 0 Å². The number of hydrogen-bond acceptors (Lipinski definition) is 2. The van der Waals surface area contributed by atoms with Crippen molar-refractivity contribution in [3.05, 3.63) is 68.3 Å². The number of allylic oxidation sites excluding steroid dienone is 4. The summed E-state index contributed by atoms with van der Waals surface area (Å²) in [6.45, 7) is 15.2. The van der Waals surface area contributed by atoms with E-state index in [1.807, 2.05) is 13.0 Å². The lowest BCUT2D eigenvalue weighted by Gasteiger charge is -1.99. The monoisotopic (exact) mass is 200 g/mol. The number of hydrogen-bond donors (Lipinski definition) is 0. The molecule has 0 radical (unpaired) electrons. The van der Waals surface area contributed by atoms with Crippen LogP contribution in [-0.2, 0) is 0 Å². The van der Waals surface area contributed by atoms with Crippen molar-refractivity contribution in [1.82, 2.24) is 9.97 Å². The first kappa shape index (κ1) is 13.0. The van der Waals surface area contributed by atoms with Crippen molar-refractivity contribution in [3.8, 4) is 0 Å². The second kappa shape index (κ2) is 7.44. The molecule has 0 N–H and O–H groups in total. The zero-order valence-electron chi connectivity index (χ0n) is 9.11. The van der Waals surface area contributed by atoms with Gasteiger partial charge in [-0.1, -0.05) is 31.4 Å². The molecule has 0 aliphatic heterocycles. The molecule has 0 bridgehead atoms. The Morgan fingerprint density at radius 2 is 1.73 bits per heavy atom. The predicted molar refractivity (Wildman–Crippen MR) is 66.4 cm³/mol. The quantitative estimate of drug-likeness (QED) is 0.552. The zero-order chi connectivity index (χ0) is 11.7. The molecule has 0 fully saturated rings. The molecule has 0 aliphatic carbocycles. The topological polar surface area (TPSA) is 25.8 Å². The molecule has 0 spiro atoms. The van der Waals surface area contributed by atoms with Gasteiger partial charge in [0.15, 0.2) is 0 Å². The van der Waals surface area contributed by atoms with Gasteiger partial charge in [-0.3, -0.25) is 0 Å². The van der Waals surface area contributed by atoms with E-state index in [1.54, 1.807) is 24.5 Å². The van der Waals surface area contributed by atoms with Gasteiger partial charge < -0.3 is 0 Å². The lowest BCUT2D eigenvalue weighted by atomic mass is 10.1. The third kappa shape index (κ3) is 4.18. The number of aryl methyl sites for hydroxylation is 1. The van der Waals surface area contributed by atoms with E-state index >= 15 is 0 Å². The highest BCUT2D eigenvalue weighted by Gasteiger charge is 1.96. The summed E-state index contributed by atoms with van der Waals surface area (Å²) in [7, 11) is 0. The summed E-state index contributed by atoms with van der Waals surface area (Å²) in [4.78, 5) is 8.19. The van der Waals surface area contributed by atoms with Crippen LogP contribution < -0.4 is 0 Å². The Labute approximate surface area is 91.4 Å². The summed E-state index contributed by atoms with van der Waals surface area (Å²) in [6, 6.07) is 0. The van der Waals surface area contributed by atoms with E-state index in [9.17, 15) is 0 Å². The molecule has 1 rings (SSSR count). The van der Waals surface area contributed by atoms with E-state index in [-0.39, 0.29) is 0 Å². The third-order valence-electron chi connectivity index (χ3n) is 1.63. The standard InChI is InChI=1S/C11H12N2.C2H4/c1-4-6-10(5-2)11-7-12-9(3)13-8-11;1-2/h4-8H,1-2H2,3H3;1-2H2/b10-6+;. The van der Waals surface area contributed by atoms with E-state index in [0.29, 0.717) is 0 Å². The average Bonchev–Trinajstić information content (AvgIpc) is 2.30. The molecule has 1 heterocycles. The molecule has 1 aromatic rings. The van der Waals surface area contributed by atoms with Crippen LogP contribution in [0.4, 0.5) is 0 Å². The molecule has 0 amide bonds. The Bertz CT molecular complexity index is 347. The summed E-state index contributed by atoms with van der Waals surface area (Å²) in [5.74, 6) is 0.769. The summed E-state index contributed by atoms with van der Waals surface area (Å²) in [6.07, 6.45) is 8.91. The van der Waals surface area contributed by atoms with E-state index in [1.165, 1.54) is 0 Å². The van der Waals surface area contributed by atoms with E-state index in [0.717, 1.165) is 17.0 Å². The van der Waals surface area contributed by atoms with E-state index in [2.05, 4.69) is 36.3 Å². The van der Waals surface area contributed by atoms with Gasteiger partial charge in [0.05, 0.1) is 0 Å². The van der Waals surface area contributed by atoms with Crippen molar-refractivity contribution in [2.45, 2.75) is 6.92 Å². The molecule has 0 unspecified atom stereocenters. The van der Waals surface area contributed by atoms with Crippen molar-refractivity contribution in [2.24, 2.45) is 0 Å². The molecular weight excluding hydrogens is 184 g/mol. The number of rotatable bonds is 3. The smallest absolute Gasteiger partial charge is 0.125 e. The van der Waals surface area contributed by atoms with Crippen LogP contribution in [0.3, 0.4) is 0 Å². The predicted octanol–water partition coefficient (Wildman–Crippen LogP) is 3.34. The van der Waals surface area contributed by atoms with Gasteiger partial charge in [-0.2, -0.15) is 0 Å². The third-order valence-corrected chi connectivity index (χ3v) is 1.63. The molecule has 0 saturated heterocycles. The SMILES string of the molecule is C=C.C=C/C=C(\C=C)c1cnc(C)nc1. The minimum atomic E-state index is 0.769. The Morgan fingerprint density at radius 1 is 1.20 bits per heavy atom. The molecule has 78 valence electrons. The molecule has 2 heteroatoms. The highest BCUT2D eigenvalue weighted by molar-refractivity contribution is 5.73. The van der Waals surface area contributed by atoms with Crippen LogP contribution >= 0.6 is 0 Å². The van der Waals surface area contributed by atoms with Crippen LogP contribution in [-0.4, -0.2) is 9.97 Å². The Balaban J connectivity index is 0.000000921. The fourth-order valence-electron chi connectivity index (χ4n) is 0.951. The largest absolute Gasteiger partial charge is 0.241 e. The molecule has 2 nitrogen and oxygen atoms in total. The molecular formula is C13H16N2. The van der Waals surface area contributed by atoms with Gasteiger partial charge in [0.25, 0.3) is 0 Å². The molecule has 15 heavy (non-hydrogen) atoms. The lowest BCUT2D eigenvalue weighted by Crippen LogP contribution is -1.89. The minimum absolute atomic E-state index is 0.769. The van der Waals surface area contributed by atoms with Gasteiger partial charge in [-0.15, -0.1) is 13.2 Å². The minimum Gasteiger partial charge on any atom is -0.241 e. The maximum atomic E-state index is 4.10. The van der Waals surface area contributed by atoms with Crippen molar-refractivity contribution in [1.29, 1.82) is 0 Å². The van der Waals surface area contributed by atoms with Crippen LogP contribution in [0, 0.1) is 6.92 Å². The zero-order valence-corrected chi connectivity index (χ0v) is 9.11. The van der Waals surface area contributed by atoms with Crippen molar-refractivity contribution >= 4 is 5.57 Å². The van der Waals surface area contributed by atoms with Gasteiger partial charge in [-0.05, 0) is 12.5 Å². The summed E-state index contributed by atoms with van der Waals surface area (Å²) >= 11 is 0. The van der Waals surface area contributed by atoms with Gasteiger partial charge in [0, 0.05) is 18.0 Å². The Morgan fingerprint density at radius 3 is 2.13 bits per heavy atom. The maximum absolute atomic E-state index is 4.10. The average molecular weight is 200 g/mol. The van der Waals surface area contributed by atoms with Gasteiger partial charge in [-0.25, -0.2) is 9.97 Å². The van der Waals surface area contributed by atoms with Crippen LogP contribution in [0.25, 0.3) is 5.57 Å². The van der Waals surface area contributed by atoms with Crippen molar-refractivity contribution in [3.63, 3.8) is 0 Å². The first-order valence-corrected chi connectivity index (χ1v) is 4.52. The molecule has 0 aromatic carbocycles. The van der Waals surface area contributed by atoms with Gasteiger partial charge in [0.2, 0.25) is 0 Å². The lowest BCUT2D eigenvalue weighted by molar-refractivity contribution is 1.05. The molecule has 0 saturated carbocycles. The molecule has 0 atom stereocenters. The van der Waals surface area contributed by atoms with Gasteiger partial charge in [0.1, 0.15) is 5.82 Å². The fourth-order valence-corrected chi connectivity index (χ4v) is 0.951. The Kier molecular flexibility index (Phi) is 6.47. The number of aromatic nitrogens is 2. The molecule has 1 aromatic heterocycles. The van der Waals surface area contributed by atoms with Crippen molar-refractivity contribution < 1.29 is 0 Å². The highest BCUT2D eigenvalue weighted by atomic mass is 14.8. The first-order chi connectivity index (χ1) is 7.27. The molecule has 0 aliphatic rings. The fraction of sp³-hybridized carbons (Fsp3) is 0.0769. The first-order valence-electron chi connectivity index (χ1n) is 4.52. The highest BCUT2D eigenvalue weighted by Crippen LogP contribution is 2.12. The normalized spacial score (nSPS) is 9.80. The second-order valence-corrected chi connectivity index (χ2v) is 2.58. The van der Waals surface area contributed by atoms with Gasteiger partial charge >= 0.3 is 0 Å². The second-order valence-electron chi connectivity index (χ2n) is 2.58. The summed E-state index contributed by atoms with van der Waals surface area (Å²) < 4.78 is 0. The number of nitrogens with zero attached hydrogens (tertiary/aromatic N) is 2. The van der Waals surface area contributed by atoms with E-state index < -0.39 is 0 Å². The maximum Gasteiger partial charge on any atom is 0.125 e. The summed E-state index contributed by atoms with van der Waals surface area (Å²) in [5.41, 5.74) is 1.94. The van der Waals surface area contributed by atoms with Crippen LogP contribution in [0.5, 0.6) is 0 Å². The van der Waals surface area contributed by atoms with Crippen LogP contribution in [0.15, 0.2) is 56.9 Å². The summed E-state index contributed by atoms with van der Waals surface area (Å²) in [5, 5.41) is 0. The van der Waals surface area contributed by atoms with Crippen LogP contribution in [0.1, 0.15) is 11.4 Å². The van der Waals surface area contributed by atoms with Crippen LogP contribution in [0.2, 0.25) is 0 Å². The van der Waals surface area contributed by atoms with E-state index in [4.69, 9.17) is 0 Å². The Hall–Kier alpha value is -1.96.